The van der Waals surface area contributed by atoms with Crippen LogP contribution in [0.4, 0.5) is 0 Å². The standard InChI is InChI=1S/C10H20BrNO/c1-2-3-4-5-6-7-10(13)12-9-8-11/h2-9H2,1H3,(H,12,13). The van der Waals surface area contributed by atoms with E-state index in [4.69, 9.17) is 0 Å². The van der Waals surface area contributed by atoms with E-state index < -0.39 is 0 Å². The monoisotopic (exact) mass is 249 g/mol. The van der Waals surface area contributed by atoms with Gasteiger partial charge in [-0.1, -0.05) is 48.5 Å². The molecule has 0 bridgehead atoms. The van der Waals surface area contributed by atoms with Crippen molar-refractivity contribution in [2.75, 3.05) is 11.9 Å². The molecule has 0 saturated heterocycles. The van der Waals surface area contributed by atoms with E-state index in [0.29, 0.717) is 6.42 Å². The second kappa shape index (κ2) is 10.0. The molecule has 0 fully saturated rings. The van der Waals surface area contributed by atoms with Crippen molar-refractivity contribution < 1.29 is 4.79 Å². The van der Waals surface area contributed by atoms with Crippen molar-refractivity contribution in [1.82, 2.24) is 5.32 Å². The van der Waals surface area contributed by atoms with Gasteiger partial charge in [-0.25, -0.2) is 0 Å². The normalized spacial score (nSPS) is 10.0. The number of alkyl halides is 1. The largest absolute Gasteiger partial charge is 0.355 e. The van der Waals surface area contributed by atoms with Gasteiger partial charge in [0.15, 0.2) is 0 Å². The molecule has 3 heteroatoms. The van der Waals surface area contributed by atoms with Gasteiger partial charge in [-0.05, 0) is 6.42 Å². The van der Waals surface area contributed by atoms with Gasteiger partial charge in [0.05, 0.1) is 0 Å². The van der Waals surface area contributed by atoms with Gasteiger partial charge in [0.2, 0.25) is 5.91 Å². The SMILES string of the molecule is CCCCCCCC(=O)NCCBr. The van der Waals surface area contributed by atoms with E-state index in [2.05, 4.69) is 28.2 Å². The smallest absolute Gasteiger partial charge is 0.220 e. The van der Waals surface area contributed by atoms with Crippen molar-refractivity contribution >= 4 is 21.8 Å². The average Bonchev–Trinajstić information content (AvgIpc) is 2.14. The average molecular weight is 250 g/mol. The number of nitrogens with one attached hydrogen (secondary N) is 1. The molecule has 0 rings (SSSR count). The molecule has 0 aliphatic heterocycles. The second-order valence-electron chi connectivity index (χ2n) is 3.20. The van der Waals surface area contributed by atoms with Crippen LogP contribution in [0, 0.1) is 0 Å². The first-order valence-corrected chi connectivity index (χ1v) is 6.26. The van der Waals surface area contributed by atoms with Gasteiger partial charge in [0, 0.05) is 18.3 Å². The van der Waals surface area contributed by atoms with Gasteiger partial charge < -0.3 is 5.32 Å². The number of carbonyl (C=O) groups is 1. The van der Waals surface area contributed by atoms with Crippen LogP contribution in [-0.2, 0) is 4.79 Å². The maximum absolute atomic E-state index is 11.1. The highest BCUT2D eigenvalue weighted by molar-refractivity contribution is 9.09. The highest BCUT2D eigenvalue weighted by Gasteiger charge is 1.98. The molecule has 0 heterocycles. The van der Waals surface area contributed by atoms with Crippen LogP contribution < -0.4 is 5.32 Å². The summed E-state index contributed by atoms with van der Waals surface area (Å²) in [5.74, 6) is 0.191. The molecule has 0 aliphatic carbocycles. The molecule has 1 amide bonds. The molecule has 0 aromatic rings. The Morgan fingerprint density at radius 2 is 1.92 bits per heavy atom. The lowest BCUT2D eigenvalue weighted by Crippen LogP contribution is -2.24. The third-order valence-electron chi connectivity index (χ3n) is 1.92. The minimum absolute atomic E-state index is 0.191. The molecule has 0 aromatic carbocycles. The lowest BCUT2D eigenvalue weighted by Gasteiger charge is -2.02. The van der Waals surface area contributed by atoms with E-state index in [0.717, 1.165) is 18.3 Å². The van der Waals surface area contributed by atoms with Crippen LogP contribution in [0.15, 0.2) is 0 Å². The number of hydrogen-bond donors (Lipinski definition) is 1. The Hall–Kier alpha value is -0.0500. The van der Waals surface area contributed by atoms with Crippen LogP contribution in [0.2, 0.25) is 0 Å². The first kappa shape index (κ1) is 12.9. The van der Waals surface area contributed by atoms with Crippen LogP contribution in [0.5, 0.6) is 0 Å². The van der Waals surface area contributed by atoms with Crippen LogP contribution in [0.25, 0.3) is 0 Å². The Kier molecular flexibility index (Phi) is 10.00. The predicted octanol–water partition coefficient (Wildman–Crippen LogP) is 2.86. The van der Waals surface area contributed by atoms with Crippen LogP contribution in [0.3, 0.4) is 0 Å². The molecular formula is C10H20BrNO. The van der Waals surface area contributed by atoms with Crippen LogP contribution >= 0.6 is 15.9 Å². The number of hydrogen-bond acceptors (Lipinski definition) is 1. The predicted molar refractivity (Wildman–Crippen MR) is 60.2 cm³/mol. The molecule has 78 valence electrons. The quantitative estimate of drug-likeness (QED) is 0.521. The first-order valence-electron chi connectivity index (χ1n) is 5.14. The number of unbranched alkanes of at least 4 members (excludes halogenated alkanes) is 4. The maximum atomic E-state index is 11.1. The topological polar surface area (TPSA) is 29.1 Å². The summed E-state index contributed by atoms with van der Waals surface area (Å²) in [5, 5.41) is 3.68. The van der Waals surface area contributed by atoms with Crippen molar-refractivity contribution in [2.24, 2.45) is 0 Å². The van der Waals surface area contributed by atoms with E-state index in [1.54, 1.807) is 0 Å². The minimum atomic E-state index is 0.191. The fraction of sp³-hybridized carbons (Fsp3) is 0.900. The number of amides is 1. The zero-order valence-electron chi connectivity index (χ0n) is 8.44. The number of carbonyl (C=O) groups excluding carboxylic acids is 1. The molecule has 0 aliphatic rings. The zero-order valence-corrected chi connectivity index (χ0v) is 10.0. The van der Waals surface area contributed by atoms with E-state index in [1.807, 2.05) is 0 Å². The summed E-state index contributed by atoms with van der Waals surface area (Å²) in [6.45, 7) is 2.94. The Labute approximate surface area is 89.6 Å². The summed E-state index contributed by atoms with van der Waals surface area (Å²) in [6.07, 6.45) is 6.74. The fourth-order valence-electron chi connectivity index (χ4n) is 1.16. The van der Waals surface area contributed by atoms with Gasteiger partial charge in [0.1, 0.15) is 0 Å². The maximum Gasteiger partial charge on any atom is 0.220 e. The van der Waals surface area contributed by atoms with Gasteiger partial charge in [-0.15, -0.1) is 0 Å². The number of halogens is 1. The van der Waals surface area contributed by atoms with E-state index in [-0.39, 0.29) is 5.91 Å². The van der Waals surface area contributed by atoms with Crippen molar-refractivity contribution in [3.8, 4) is 0 Å². The van der Waals surface area contributed by atoms with E-state index in [9.17, 15) is 4.79 Å². The van der Waals surface area contributed by atoms with Crippen molar-refractivity contribution in [2.45, 2.75) is 45.4 Å². The molecular weight excluding hydrogens is 230 g/mol. The second-order valence-corrected chi connectivity index (χ2v) is 4.00. The highest BCUT2D eigenvalue weighted by atomic mass is 79.9. The molecule has 13 heavy (non-hydrogen) atoms. The summed E-state index contributed by atoms with van der Waals surface area (Å²) < 4.78 is 0. The summed E-state index contributed by atoms with van der Waals surface area (Å²) in [4.78, 5) is 11.1. The molecule has 1 N–H and O–H groups in total. The molecule has 0 radical (unpaired) electrons. The summed E-state index contributed by atoms with van der Waals surface area (Å²) >= 11 is 3.27. The first-order chi connectivity index (χ1) is 6.31. The van der Waals surface area contributed by atoms with E-state index in [1.165, 1.54) is 25.7 Å². The van der Waals surface area contributed by atoms with Crippen molar-refractivity contribution in [3.63, 3.8) is 0 Å². The Balaban J connectivity index is 3.08. The minimum Gasteiger partial charge on any atom is -0.355 e. The summed E-state index contributed by atoms with van der Waals surface area (Å²) in [6, 6.07) is 0. The number of rotatable bonds is 8. The summed E-state index contributed by atoms with van der Waals surface area (Å²) in [7, 11) is 0. The summed E-state index contributed by atoms with van der Waals surface area (Å²) in [5.41, 5.74) is 0. The third kappa shape index (κ3) is 9.87. The van der Waals surface area contributed by atoms with Gasteiger partial charge in [0.25, 0.3) is 0 Å². The fourth-order valence-corrected chi connectivity index (χ4v) is 1.36. The molecule has 0 atom stereocenters. The molecule has 0 unspecified atom stereocenters. The van der Waals surface area contributed by atoms with Gasteiger partial charge >= 0.3 is 0 Å². The highest BCUT2D eigenvalue weighted by Crippen LogP contribution is 2.04. The Morgan fingerprint density at radius 1 is 1.23 bits per heavy atom. The Bertz CT molecular complexity index is 128. The van der Waals surface area contributed by atoms with Gasteiger partial charge in [-0.2, -0.15) is 0 Å². The molecule has 0 spiro atoms. The van der Waals surface area contributed by atoms with Crippen LogP contribution in [0.1, 0.15) is 45.4 Å². The van der Waals surface area contributed by atoms with E-state index >= 15 is 0 Å². The molecule has 0 saturated carbocycles. The Morgan fingerprint density at radius 3 is 2.54 bits per heavy atom. The van der Waals surface area contributed by atoms with Crippen molar-refractivity contribution in [1.29, 1.82) is 0 Å². The lowest BCUT2D eigenvalue weighted by molar-refractivity contribution is -0.121. The van der Waals surface area contributed by atoms with Crippen LogP contribution in [-0.4, -0.2) is 17.8 Å². The zero-order chi connectivity index (χ0) is 9.94. The van der Waals surface area contributed by atoms with Gasteiger partial charge in [-0.3, -0.25) is 4.79 Å². The molecule has 0 aromatic heterocycles. The lowest BCUT2D eigenvalue weighted by atomic mass is 10.1. The third-order valence-corrected chi connectivity index (χ3v) is 2.32. The molecule has 2 nitrogen and oxygen atoms in total. The van der Waals surface area contributed by atoms with Crippen molar-refractivity contribution in [3.05, 3.63) is 0 Å².